The van der Waals surface area contributed by atoms with Crippen molar-refractivity contribution in [2.24, 2.45) is 11.1 Å². The van der Waals surface area contributed by atoms with Crippen LogP contribution in [0.4, 0.5) is 0 Å². The summed E-state index contributed by atoms with van der Waals surface area (Å²) >= 11 is 0. The first-order valence-corrected chi connectivity index (χ1v) is 6.93. The summed E-state index contributed by atoms with van der Waals surface area (Å²) in [5.41, 5.74) is -0.229. The Balaban J connectivity index is 1.98. The molecule has 0 aromatic carbocycles. The third-order valence-electron chi connectivity index (χ3n) is 3.13. The standard InChI is InChI=1S/C9H17NO4S/c10-15(11,12)6-8-1-3-14-9(5-8)2-4-13-7-9/h8H,1-7H2,(H2,10,11,12). The molecule has 2 rings (SSSR count). The summed E-state index contributed by atoms with van der Waals surface area (Å²) in [5.74, 6) is 0.188. The number of primary sulfonamides is 1. The first-order chi connectivity index (χ1) is 6.99. The Morgan fingerprint density at radius 1 is 1.40 bits per heavy atom. The molecule has 0 aliphatic carbocycles. The summed E-state index contributed by atoms with van der Waals surface area (Å²) in [6.45, 7) is 1.92. The van der Waals surface area contributed by atoms with Gasteiger partial charge >= 0.3 is 0 Å². The van der Waals surface area contributed by atoms with E-state index in [9.17, 15) is 8.42 Å². The Kier molecular flexibility index (Phi) is 3.03. The topological polar surface area (TPSA) is 78.6 Å². The van der Waals surface area contributed by atoms with Crippen LogP contribution in [0.15, 0.2) is 0 Å². The zero-order valence-corrected chi connectivity index (χ0v) is 9.46. The smallest absolute Gasteiger partial charge is 0.209 e. The molecule has 0 saturated carbocycles. The molecule has 2 saturated heterocycles. The number of sulfonamides is 1. The Bertz CT molecular complexity index is 321. The highest BCUT2D eigenvalue weighted by Gasteiger charge is 2.41. The maximum absolute atomic E-state index is 11.0. The fourth-order valence-electron chi connectivity index (χ4n) is 2.46. The van der Waals surface area contributed by atoms with Crippen molar-refractivity contribution in [1.82, 2.24) is 0 Å². The van der Waals surface area contributed by atoms with Gasteiger partial charge in [-0.2, -0.15) is 0 Å². The zero-order chi connectivity index (χ0) is 10.9. The summed E-state index contributed by atoms with van der Waals surface area (Å²) in [5, 5.41) is 5.05. The molecule has 2 atom stereocenters. The minimum atomic E-state index is -3.37. The van der Waals surface area contributed by atoms with Gasteiger partial charge in [0.2, 0.25) is 10.0 Å². The molecule has 0 amide bonds. The van der Waals surface area contributed by atoms with Gasteiger partial charge in [-0.3, -0.25) is 0 Å². The average molecular weight is 235 g/mol. The number of rotatable bonds is 2. The summed E-state index contributed by atoms with van der Waals surface area (Å²) in [4.78, 5) is 0. The minimum absolute atomic E-state index is 0.0676. The SMILES string of the molecule is NS(=O)(=O)CC1CCOC2(CCOC2)C1. The van der Waals surface area contributed by atoms with Gasteiger partial charge in [0.25, 0.3) is 0 Å². The maximum Gasteiger partial charge on any atom is 0.209 e. The third kappa shape index (κ3) is 2.90. The monoisotopic (exact) mass is 235 g/mol. The van der Waals surface area contributed by atoms with Gasteiger partial charge in [-0.15, -0.1) is 0 Å². The summed E-state index contributed by atoms with van der Waals surface area (Å²) in [6.07, 6.45) is 2.40. The van der Waals surface area contributed by atoms with E-state index >= 15 is 0 Å². The van der Waals surface area contributed by atoms with Gasteiger partial charge < -0.3 is 9.47 Å². The lowest BCUT2D eigenvalue weighted by atomic mass is 9.86. The lowest BCUT2D eigenvalue weighted by Crippen LogP contribution is -2.42. The van der Waals surface area contributed by atoms with E-state index in [1.165, 1.54) is 0 Å². The predicted octanol–water partition coefficient (Wildman–Crippen LogP) is -0.139. The van der Waals surface area contributed by atoms with Crippen LogP contribution in [0.25, 0.3) is 0 Å². The van der Waals surface area contributed by atoms with E-state index in [0.29, 0.717) is 19.8 Å². The van der Waals surface area contributed by atoms with Gasteiger partial charge in [-0.1, -0.05) is 0 Å². The fraction of sp³-hybridized carbons (Fsp3) is 1.00. The van der Waals surface area contributed by atoms with Crippen LogP contribution in [0.5, 0.6) is 0 Å². The van der Waals surface area contributed by atoms with E-state index in [0.717, 1.165) is 19.3 Å². The summed E-state index contributed by atoms with van der Waals surface area (Å²) < 4.78 is 33.0. The van der Waals surface area contributed by atoms with Crippen LogP contribution in [0.2, 0.25) is 0 Å². The molecule has 0 aromatic rings. The van der Waals surface area contributed by atoms with Crippen molar-refractivity contribution in [1.29, 1.82) is 0 Å². The van der Waals surface area contributed by atoms with E-state index in [4.69, 9.17) is 14.6 Å². The normalized spacial score (nSPS) is 37.3. The lowest BCUT2D eigenvalue weighted by Gasteiger charge is -2.36. The molecule has 2 unspecified atom stereocenters. The Morgan fingerprint density at radius 2 is 2.20 bits per heavy atom. The molecule has 0 aromatic heterocycles. The van der Waals surface area contributed by atoms with Gasteiger partial charge in [-0.05, 0) is 18.8 Å². The van der Waals surface area contributed by atoms with Crippen LogP contribution < -0.4 is 5.14 Å². The number of hydrogen-bond acceptors (Lipinski definition) is 4. The zero-order valence-electron chi connectivity index (χ0n) is 8.65. The Hall–Kier alpha value is -0.170. The minimum Gasteiger partial charge on any atom is -0.378 e. The number of nitrogens with two attached hydrogens (primary N) is 1. The summed E-state index contributed by atoms with van der Waals surface area (Å²) in [7, 11) is -3.37. The summed E-state index contributed by atoms with van der Waals surface area (Å²) in [6, 6.07) is 0. The van der Waals surface area contributed by atoms with Gasteiger partial charge in [0.05, 0.1) is 18.0 Å². The molecular formula is C9H17NO4S. The molecule has 1 spiro atoms. The molecular weight excluding hydrogens is 218 g/mol. The first-order valence-electron chi connectivity index (χ1n) is 5.21. The first kappa shape index (κ1) is 11.3. The third-order valence-corrected chi connectivity index (χ3v) is 4.07. The molecule has 5 nitrogen and oxygen atoms in total. The highest BCUT2D eigenvalue weighted by Crippen LogP contribution is 2.35. The average Bonchev–Trinajstić information content (AvgIpc) is 2.50. The van der Waals surface area contributed by atoms with Crippen LogP contribution >= 0.6 is 0 Å². The largest absolute Gasteiger partial charge is 0.378 e. The van der Waals surface area contributed by atoms with Crippen molar-refractivity contribution < 1.29 is 17.9 Å². The van der Waals surface area contributed by atoms with Crippen LogP contribution in [0.3, 0.4) is 0 Å². The molecule has 15 heavy (non-hydrogen) atoms. The van der Waals surface area contributed by atoms with Gasteiger partial charge in [0.1, 0.15) is 0 Å². The second kappa shape index (κ2) is 4.01. The number of ether oxygens (including phenoxy) is 2. The second-order valence-electron chi connectivity index (χ2n) is 4.52. The fourth-order valence-corrected chi connectivity index (χ4v) is 3.40. The van der Waals surface area contributed by atoms with E-state index in [-0.39, 0.29) is 17.3 Å². The molecule has 6 heteroatoms. The number of hydrogen-bond donors (Lipinski definition) is 1. The highest BCUT2D eigenvalue weighted by molar-refractivity contribution is 7.89. The molecule has 2 aliphatic heterocycles. The van der Waals surface area contributed by atoms with Crippen molar-refractivity contribution >= 4 is 10.0 Å². The highest BCUT2D eigenvalue weighted by atomic mass is 32.2. The molecule has 2 fully saturated rings. The van der Waals surface area contributed by atoms with Crippen LogP contribution in [-0.4, -0.2) is 39.6 Å². The lowest BCUT2D eigenvalue weighted by molar-refractivity contribution is -0.0945. The van der Waals surface area contributed by atoms with Gasteiger partial charge in [-0.25, -0.2) is 13.6 Å². The van der Waals surface area contributed by atoms with Crippen molar-refractivity contribution in [3.05, 3.63) is 0 Å². The molecule has 88 valence electrons. The predicted molar refractivity (Wildman–Crippen MR) is 54.8 cm³/mol. The van der Waals surface area contributed by atoms with Crippen LogP contribution in [0.1, 0.15) is 19.3 Å². The van der Waals surface area contributed by atoms with Crippen molar-refractivity contribution in [3.8, 4) is 0 Å². The van der Waals surface area contributed by atoms with E-state index < -0.39 is 10.0 Å². The molecule has 2 heterocycles. The van der Waals surface area contributed by atoms with E-state index in [1.807, 2.05) is 0 Å². The van der Waals surface area contributed by atoms with Gasteiger partial charge in [0.15, 0.2) is 0 Å². The van der Waals surface area contributed by atoms with Crippen molar-refractivity contribution in [2.45, 2.75) is 24.9 Å². The molecule has 0 radical (unpaired) electrons. The Morgan fingerprint density at radius 3 is 2.80 bits per heavy atom. The van der Waals surface area contributed by atoms with Crippen LogP contribution in [0, 0.1) is 5.92 Å². The van der Waals surface area contributed by atoms with Gasteiger partial charge in [0, 0.05) is 19.6 Å². The maximum atomic E-state index is 11.0. The van der Waals surface area contributed by atoms with E-state index in [2.05, 4.69) is 0 Å². The molecule has 2 aliphatic rings. The van der Waals surface area contributed by atoms with Crippen LogP contribution in [-0.2, 0) is 19.5 Å². The van der Waals surface area contributed by atoms with Crippen molar-refractivity contribution in [3.63, 3.8) is 0 Å². The second-order valence-corrected chi connectivity index (χ2v) is 6.18. The Labute approximate surface area is 90.0 Å². The molecule has 0 bridgehead atoms. The quantitative estimate of drug-likeness (QED) is 0.722. The van der Waals surface area contributed by atoms with E-state index in [1.54, 1.807) is 0 Å². The van der Waals surface area contributed by atoms with Crippen molar-refractivity contribution in [2.75, 3.05) is 25.6 Å². The molecule has 2 N–H and O–H groups in total.